The second-order valence-corrected chi connectivity index (χ2v) is 5.16. The number of likely N-dealkylation sites (tertiary alicyclic amines) is 1. The summed E-state index contributed by atoms with van der Waals surface area (Å²) in [6.45, 7) is 6.33. The van der Waals surface area contributed by atoms with Gasteiger partial charge in [-0.2, -0.15) is 5.10 Å². The molecule has 1 fully saturated rings. The van der Waals surface area contributed by atoms with Crippen LogP contribution < -0.4 is 0 Å². The Kier molecular flexibility index (Phi) is 4.58. The van der Waals surface area contributed by atoms with Gasteiger partial charge in [0.15, 0.2) is 0 Å². The van der Waals surface area contributed by atoms with Crippen LogP contribution in [0.15, 0.2) is 6.20 Å². The predicted molar refractivity (Wildman–Crippen MR) is 72.9 cm³/mol. The predicted octanol–water partition coefficient (Wildman–Crippen LogP) is 1.97. The summed E-state index contributed by atoms with van der Waals surface area (Å²) in [5, 5.41) is 4.20. The first-order chi connectivity index (χ1) is 9.13. The lowest BCUT2D eigenvalue weighted by Gasteiger charge is -2.33. The Morgan fingerprint density at radius 1 is 1.53 bits per heavy atom. The molecule has 0 bridgehead atoms. The number of rotatable bonds is 4. The fourth-order valence-corrected chi connectivity index (χ4v) is 2.61. The molecule has 19 heavy (non-hydrogen) atoms. The molecule has 0 aromatic carbocycles. The number of hydrogen-bond acceptors (Lipinski definition) is 4. The molecule has 0 amide bonds. The van der Waals surface area contributed by atoms with E-state index >= 15 is 0 Å². The van der Waals surface area contributed by atoms with Crippen molar-refractivity contribution in [3.63, 3.8) is 0 Å². The van der Waals surface area contributed by atoms with Crippen LogP contribution in [0.25, 0.3) is 0 Å². The van der Waals surface area contributed by atoms with Crippen molar-refractivity contribution in [1.82, 2.24) is 14.7 Å². The first-order valence-electron chi connectivity index (χ1n) is 7.05. The van der Waals surface area contributed by atoms with Crippen LogP contribution in [0.1, 0.15) is 49.2 Å². The lowest BCUT2D eigenvalue weighted by Crippen LogP contribution is -2.37. The third-order valence-corrected chi connectivity index (χ3v) is 3.85. The zero-order valence-electron chi connectivity index (χ0n) is 12.1. The highest BCUT2D eigenvalue weighted by Crippen LogP contribution is 2.20. The Balaban J connectivity index is 2.14. The number of hydrogen-bond donors (Lipinski definition) is 0. The second kappa shape index (κ2) is 6.19. The van der Waals surface area contributed by atoms with Crippen LogP contribution in [0.2, 0.25) is 0 Å². The molecule has 0 N–H and O–H groups in total. The SMILES string of the molecule is CCOC(=O)c1cnn(C)c1CN1CCCCC1C. The molecule has 1 aliphatic heterocycles. The number of piperidine rings is 1. The lowest BCUT2D eigenvalue weighted by molar-refractivity contribution is 0.0522. The van der Waals surface area contributed by atoms with E-state index in [2.05, 4.69) is 16.9 Å². The van der Waals surface area contributed by atoms with E-state index in [1.807, 2.05) is 14.0 Å². The van der Waals surface area contributed by atoms with E-state index < -0.39 is 0 Å². The summed E-state index contributed by atoms with van der Waals surface area (Å²) in [7, 11) is 1.88. The minimum absolute atomic E-state index is 0.268. The van der Waals surface area contributed by atoms with E-state index in [-0.39, 0.29) is 5.97 Å². The zero-order valence-corrected chi connectivity index (χ0v) is 12.1. The molecule has 1 aromatic heterocycles. The Bertz CT molecular complexity index is 442. The molecule has 1 aromatic rings. The van der Waals surface area contributed by atoms with Crippen molar-refractivity contribution in [3.05, 3.63) is 17.5 Å². The fourth-order valence-electron chi connectivity index (χ4n) is 2.61. The van der Waals surface area contributed by atoms with Crippen molar-refractivity contribution in [2.45, 2.75) is 45.7 Å². The monoisotopic (exact) mass is 265 g/mol. The van der Waals surface area contributed by atoms with Gasteiger partial charge in [-0.15, -0.1) is 0 Å². The number of esters is 1. The summed E-state index contributed by atoms with van der Waals surface area (Å²) in [6.07, 6.45) is 5.37. The first kappa shape index (κ1) is 14.1. The quantitative estimate of drug-likeness (QED) is 0.781. The molecule has 5 nitrogen and oxygen atoms in total. The van der Waals surface area contributed by atoms with Crippen molar-refractivity contribution in [3.8, 4) is 0 Å². The summed E-state index contributed by atoms with van der Waals surface area (Å²) < 4.78 is 6.87. The van der Waals surface area contributed by atoms with E-state index in [9.17, 15) is 4.79 Å². The van der Waals surface area contributed by atoms with Gasteiger partial charge in [0.05, 0.1) is 18.5 Å². The maximum Gasteiger partial charge on any atom is 0.341 e. The number of aryl methyl sites for hydroxylation is 1. The van der Waals surface area contributed by atoms with Crippen LogP contribution in [0.3, 0.4) is 0 Å². The van der Waals surface area contributed by atoms with Gasteiger partial charge in [0.2, 0.25) is 0 Å². The minimum Gasteiger partial charge on any atom is -0.462 e. The Morgan fingerprint density at radius 2 is 2.32 bits per heavy atom. The van der Waals surface area contributed by atoms with Crippen LogP contribution in [-0.4, -0.2) is 39.8 Å². The molecule has 0 spiro atoms. The van der Waals surface area contributed by atoms with Gasteiger partial charge in [-0.25, -0.2) is 4.79 Å². The van der Waals surface area contributed by atoms with Crippen molar-refractivity contribution < 1.29 is 9.53 Å². The van der Waals surface area contributed by atoms with Gasteiger partial charge in [-0.3, -0.25) is 9.58 Å². The number of nitrogens with zero attached hydrogens (tertiary/aromatic N) is 3. The maximum absolute atomic E-state index is 11.9. The standard InChI is InChI=1S/C14H23N3O2/c1-4-19-14(18)12-9-15-16(3)13(12)10-17-8-6-5-7-11(17)2/h9,11H,4-8,10H2,1-3H3. The Morgan fingerprint density at radius 3 is 3.00 bits per heavy atom. The summed E-state index contributed by atoms with van der Waals surface area (Å²) in [4.78, 5) is 14.3. The zero-order chi connectivity index (χ0) is 13.8. The van der Waals surface area contributed by atoms with Crippen LogP contribution in [0.5, 0.6) is 0 Å². The average Bonchev–Trinajstić information content (AvgIpc) is 2.74. The molecule has 2 heterocycles. The minimum atomic E-state index is -0.268. The Labute approximate surface area is 114 Å². The molecule has 5 heteroatoms. The van der Waals surface area contributed by atoms with E-state index in [0.29, 0.717) is 18.2 Å². The largest absolute Gasteiger partial charge is 0.462 e. The van der Waals surface area contributed by atoms with E-state index in [0.717, 1.165) is 18.8 Å². The number of ether oxygens (including phenoxy) is 1. The number of carbonyl (C=O) groups is 1. The second-order valence-electron chi connectivity index (χ2n) is 5.16. The lowest BCUT2D eigenvalue weighted by atomic mass is 10.0. The van der Waals surface area contributed by atoms with Crippen LogP contribution in [0.4, 0.5) is 0 Å². The highest BCUT2D eigenvalue weighted by Gasteiger charge is 2.23. The number of aromatic nitrogens is 2. The third-order valence-electron chi connectivity index (χ3n) is 3.85. The van der Waals surface area contributed by atoms with Gasteiger partial charge in [-0.05, 0) is 33.2 Å². The third kappa shape index (κ3) is 3.15. The molecule has 1 atom stereocenters. The molecule has 1 saturated heterocycles. The van der Waals surface area contributed by atoms with Gasteiger partial charge in [0.25, 0.3) is 0 Å². The topological polar surface area (TPSA) is 47.4 Å². The van der Waals surface area contributed by atoms with E-state index in [4.69, 9.17) is 4.74 Å². The van der Waals surface area contributed by atoms with Gasteiger partial charge < -0.3 is 4.74 Å². The summed E-state index contributed by atoms with van der Waals surface area (Å²) in [5.41, 5.74) is 1.55. The van der Waals surface area contributed by atoms with Gasteiger partial charge in [0.1, 0.15) is 5.56 Å². The summed E-state index contributed by atoms with van der Waals surface area (Å²) >= 11 is 0. The van der Waals surface area contributed by atoms with Crippen molar-refractivity contribution >= 4 is 5.97 Å². The van der Waals surface area contributed by atoms with E-state index in [1.54, 1.807) is 10.9 Å². The normalized spacial score (nSPS) is 20.5. The molecular weight excluding hydrogens is 242 g/mol. The number of carbonyl (C=O) groups excluding carboxylic acids is 1. The molecule has 106 valence electrons. The molecule has 1 unspecified atom stereocenters. The Hall–Kier alpha value is -1.36. The van der Waals surface area contributed by atoms with Crippen molar-refractivity contribution in [2.24, 2.45) is 7.05 Å². The summed E-state index contributed by atoms with van der Waals surface area (Å²) in [6, 6.07) is 0.568. The fraction of sp³-hybridized carbons (Fsp3) is 0.714. The van der Waals surface area contributed by atoms with Crippen LogP contribution in [-0.2, 0) is 18.3 Å². The molecule has 2 rings (SSSR count). The highest BCUT2D eigenvalue weighted by atomic mass is 16.5. The smallest absolute Gasteiger partial charge is 0.341 e. The molecule has 0 radical (unpaired) electrons. The van der Waals surface area contributed by atoms with Crippen molar-refractivity contribution in [1.29, 1.82) is 0 Å². The van der Waals surface area contributed by atoms with Gasteiger partial charge in [-0.1, -0.05) is 6.42 Å². The highest BCUT2D eigenvalue weighted by molar-refractivity contribution is 5.90. The van der Waals surface area contributed by atoms with Crippen LogP contribution in [0, 0.1) is 0 Å². The van der Waals surface area contributed by atoms with Crippen molar-refractivity contribution in [2.75, 3.05) is 13.2 Å². The van der Waals surface area contributed by atoms with Gasteiger partial charge in [0, 0.05) is 19.6 Å². The van der Waals surface area contributed by atoms with Crippen LogP contribution >= 0.6 is 0 Å². The average molecular weight is 265 g/mol. The molecule has 1 aliphatic rings. The van der Waals surface area contributed by atoms with E-state index in [1.165, 1.54) is 19.3 Å². The molecule has 0 saturated carbocycles. The first-order valence-corrected chi connectivity index (χ1v) is 7.05. The molecular formula is C14H23N3O2. The maximum atomic E-state index is 11.9. The van der Waals surface area contributed by atoms with Gasteiger partial charge >= 0.3 is 5.97 Å². The summed E-state index contributed by atoms with van der Waals surface area (Å²) in [5.74, 6) is -0.268. The molecule has 0 aliphatic carbocycles.